The lowest BCUT2D eigenvalue weighted by atomic mass is 10.0. The summed E-state index contributed by atoms with van der Waals surface area (Å²) in [5.74, 6) is 0.681. The summed E-state index contributed by atoms with van der Waals surface area (Å²) < 4.78 is 11.3. The molecule has 0 aliphatic carbocycles. The monoisotopic (exact) mass is 540 g/mol. The Morgan fingerprint density at radius 1 is 0.667 bits per heavy atom. The second kappa shape index (κ2) is 13.2. The first-order valence-electron chi connectivity index (χ1n) is 10.6. The van der Waals surface area contributed by atoms with Crippen molar-refractivity contribution in [3.63, 3.8) is 0 Å². The number of benzene rings is 2. The van der Waals surface area contributed by atoms with E-state index < -0.39 is 12.2 Å². The van der Waals surface area contributed by atoms with Gasteiger partial charge >= 0.3 is 0 Å². The van der Waals surface area contributed by atoms with Crippen molar-refractivity contribution in [1.29, 1.82) is 0 Å². The second-order valence-electron chi connectivity index (χ2n) is 8.71. The number of halogens is 4. The molecule has 2 aromatic rings. The Labute approximate surface area is 215 Å². The zero-order chi connectivity index (χ0) is 24.7. The Bertz CT molecular complexity index is 808. The molecule has 6 nitrogen and oxygen atoms in total. The van der Waals surface area contributed by atoms with Crippen LogP contribution in [0.4, 0.5) is 0 Å². The molecule has 0 saturated heterocycles. The molecule has 0 aromatic heterocycles. The Morgan fingerprint density at radius 2 is 0.970 bits per heavy atom. The molecule has 2 unspecified atom stereocenters. The molecule has 10 heteroatoms. The second-order valence-corrected chi connectivity index (χ2v) is 10.3. The van der Waals surface area contributed by atoms with Crippen molar-refractivity contribution in [1.82, 2.24) is 0 Å². The standard InChI is InChI=1S/C23H30Cl4N2O4/c1-28(2)10-16(30)12-32-22-18(24)6-14(7-19(22)25)5-15-8-20(26)23(21(27)9-15)33-13-17(31)11-29(3)4/h6-9,16-17,30-31H,5,10-13H2,1-4H3/p+2. The van der Waals surface area contributed by atoms with Crippen LogP contribution in [-0.4, -0.2) is 76.9 Å². The highest BCUT2D eigenvalue weighted by atomic mass is 35.5. The summed E-state index contributed by atoms with van der Waals surface area (Å²) in [7, 11) is 7.80. The predicted octanol–water partition coefficient (Wildman–Crippen LogP) is 1.66. The van der Waals surface area contributed by atoms with Crippen molar-refractivity contribution in [3.8, 4) is 11.5 Å². The Balaban J connectivity index is 2.08. The Kier molecular flexibility index (Phi) is 11.3. The highest BCUT2D eigenvalue weighted by Gasteiger charge is 2.17. The van der Waals surface area contributed by atoms with Gasteiger partial charge in [-0.2, -0.15) is 0 Å². The van der Waals surface area contributed by atoms with E-state index in [0.29, 0.717) is 51.1 Å². The van der Waals surface area contributed by atoms with E-state index in [1.54, 1.807) is 24.3 Å². The van der Waals surface area contributed by atoms with Crippen LogP contribution in [0.3, 0.4) is 0 Å². The van der Waals surface area contributed by atoms with Crippen LogP contribution in [0.15, 0.2) is 24.3 Å². The van der Waals surface area contributed by atoms with Gasteiger partial charge < -0.3 is 29.5 Å². The highest BCUT2D eigenvalue weighted by molar-refractivity contribution is 6.38. The van der Waals surface area contributed by atoms with Crippen LogP contribution in [0, 0.1) is 0 Å². The van der Waals surface area contributed by atoms with Gasteiger partial charge in [0.25, 0.3) is 0 Å². The molecule has 0 radical (unpaired) electrons. The maximum absolute atomic E-state index is 10.0. The van der Waals surface area contributed by atoms with Crippen molar-refractivity contribution in [3.05, 3.63) is 55.5 Å². The number of aliphatic hydroxyl groups is 2. The third-order valence-electron chi connectivity index (χ3n) is 4.65. The molecule has 0 aliphatic heterocycles. The summed E-state index contributed by atoms with van der Waals surface area (Å²) >= 11 is 25.6. The van der Waals surface area contributed by atoms with Crippen LogP contribution in [0.5, 0.6) is 11.5 Å². The lowest BCUT2D eigenvalue weighted by molar-refractivity contribution is -0.861. The molecule has 0 heterocycles. The lowest BCUT2D eigenvalue weighted by Crippen LogP contribution is -3.07. The fourth-order valence-corrected chi connectivity index (χ4v) is 4.64. The minimum absolute atomic E-state index is 0.0984. The number of nitrogens with one attached hydrogen (secondary N) is 2. The third kappa shape index (κ3) is 9.30. The van der Waals surface area contributed by atoms with Gasteiger partial charge in [0.15, 0.2) is 11.5 Å². The lowest BCUT2D eigenvalue weighted by Gasteiger charge is -2.17. The molecule has 2 atom stereocenters. The van der Waals surface area contributed by atoms with E-state index >= 15 is 0 Å². The zero-order valence-corrected chi connectivity index (χ0v) is 22.2. The van der Waals surface area contributed by atoms with Gasteiger partial charge in [0.05, 0.1) is 48.3 Å². The number of hydrogen-bond donors (Lipinski definition) is 4. The van der Waals surface area contributed by atoms with Gasteiger partial charge in [0, 0.05) is 0 Å². The molecular weight excluding hydrogens is 510 g/mol. The molecule has 4 N–H and O–H groups in total. The highest BCUT2D eigenvalue weighted by Crippen LogP contribution is 2.37. The van der Waals surface area contributed by atoms with Gasteiger partial charge in [-0.1, -0.05) is 46.4 Å². The third-order valence-corrected chi connectivity index (χ3v) is 5.78. The van der Waals surface area contributed by atoms with E-state index in [4.69, 9.17) is 55.9 Å². The number of hydrogen-bond acceptors (Lipinski definition) is 4. The van der Waals surface area contributed by atoms with Crippen LogP contribution in [0.2, 0.25) is 20.1 Å². The summed E-state index contributed by atoms with van der Waals surface area (Å²) in [5.41, 5.74) is 1.70. The fourth-order valence-electron chi connectivity index (χ4n) is 3.36. The van der Waals surface area contributed by atoms with E-state index in [1.165, 1.54) is 0 Å². The SMILES string of the molecule is C[NH+](C)CC(O)COc1c(Cl)cc(Cc2cc(Cl)c(OCC(O)C[NH+](C)C)c(Cl)c2)cc1Cl. The van der Waals surface area contributed by atoms with Crippen molar-refractivity contribution in [2.45, 2.75) is 18.6 Å². The molecular formula is C23H32Cl4N2O4+2. The quantitative estimate of drug-likeness (QED) is 0.330. The van der Waals surface area contributed by atoms with Crippen molar-refractivity contribution in [2.24, 2.45) is 0 Å². The normalized spacial score (nSPS) is 13.5. The molecule has 0 aliphatic rings. The fraction of sp³-hybridized carbons (Fsp3) is 0.478. The van der Waals surface area contributed by atoms with E-state index in [1.807, 2.05) is 28.2 Å². The molecule has 2 rings (SSSR count). The van der Waals surface area contributed by atoms with Gasteiger partial charge in [-0.05, 0) is 41.8 Å². The average molecular weight is 542 g/mol. The van der Waals surface area contributed by atoms with Crippen molar-refractivity contribution < 1.29 is 29.5 Å². The molecule has 2 aromatic carbocycles. The minimum Gasteiger partial charge on any atom is -0.488 e. The van der Waals surface area contributed by atoms with Gasteiger partial charge in [-0.15, -0.1) is 0 Å². The van der Waals surface area contributed by atoms with Gasteiger partial charge in [0.2, 0.25) is 0 Å². The van der Waals surface area contributed by atoms with Crippen LogP contribution in [0.1, 0.15) is 11.1 Å². The summed E-state index contributed by atoms with van der Waals surface area (Å²) in [5, 5.41) is 21.5. The van der Waals surface area contributed by atoms with Crippen molar-refractivity contribution >= 4 is 46.4 Å². The summed E-state index contributed by atoms with van der Waals surface area (Å²) in [6, 6.07) is 7.05. The van der Waals surface area contributed by atoms with E-state index in [9.17, 15) is 10.2 Å². The van der Waals surface area contributed by atoms with Gasteiger partial charge in [0.1, 0.15) is 38.5 Å². The average Bonchev–Trinajstić information content (AvgIpc) is 2.65. The summed E-state index contributed by atoms with van der Waals surface area (Å²) in [4.78, 5) is 2.22. The van der Waals surface area contributed by atoms with Crippen LogP contribution >= 0.6 is 46.4 Å². The minimum atomic E-state index is -0.628. The first kappa shape index (κ1) is 28.3. The van der Waals surface area contributed by atoms with Crippen LogP contribution in [-0.2, 0) is 6.42 Å². The molecule has 0 bridgehead atoms. The predicted molar refractivity (Wildman–Crippen MR) is 134 cm³/mol. The number of quaternary nitrogens is 2. The summed E-state index contributed by atoms with van der Waals surface area (Å²) in [6.45, 7) is 1.29. The van der Waals surface area contributed by atoms with Gasteiger partial charge in [-0.25, -0.2) is 0 Å². The summed E-state index contributed by atoms with van der Waals surface area (Å²) in [6.07, 6.45) is -0.771. The first-order chi connectivity index (χ1) is 15.5. The molecule has 0 spiro atoms. The molecule has 184 valence electrons. The van der Waals surface area contributed by atoms with Gasteiger partial charge in [-0.3, -0.25) is 0 Å². The molecule has 33 heavy (non-hydrogen) atoms. The smallest absolute Gasteiger partial charge is 0.156 e. The topological polar surface area (TPSA) is 67.8 Å². The Morgan fingerprint density at radius 3 is 1.24 bits per heavy atom. The number of aliphatic hydroxyl groups excluding tert-OH is 2. The maximum Gasteiger partial charge on any atom is 0.156 e. The number of likely N-dealkylation sites (N-methyl/N-ethyl adjacent to an activating group) is 2. The maximum atomic E-state index is 10.0. The first-order valence-corrected chi connectivity index (χ1v) is 12.1. The largest absolute Gasteiger partial charge is 0.488 e. The molecule has 0 amide bonds. The molecule has 0 fully saturated rings. The van der Waals surface area contributed by atoms with Crippen LogP contribution < -0.4 is 19.3 Å². The van der Waals surface area contributed by atoms with Crippen LogP contribution in [0.25, 0.3) is 0 Å². The van der Waals surface area contributed by atoms with Crippen molar-refractivity contribution in [2.75, 3.05) is 54.5 Å². The van der Waals surface area contributed by atoms with E-state index in [2.05, 4.69) is 0 Å². The Hall–Kier alpha value is -0.960. The number of ether oxygens (including phenoxy) is 2. The molecule has 0 saturated carbocycles. The number of rotatable bonds is 12. The van der Waals surface area contributed by atoms with E-state index in [-0.39, 0.29) is 13.2 Å². The van der Waals surface area contributed by atoms with E-state index in [0.717, 1.165) is 20.9 Å². The zero-order valence-electron chi connectivity index (χ0n) is 19.2.